The van der Waals surface area contributed by atoms with Gasteiger partial charge in [0.15, 0.2) is 0 Å². The van der Waals surface area contributed by atoms with Gasteiger partial charge in [0.1, 0.15) is 6.54 Å². The second-order valence-corrected chi connectivity index (χ2v) is 5.23. The lowest BCUT2D eigenvalue weighted by Gasteiger charge is -2.25. The maximum absolute atomic E-state index is 12.2. The van der Waals surface area contributed by atoms with Crippen LogP contribution in [0.4, 0.5) is 4.79 Å². The van der Waals surface area contributed by atoms with Gasteiger partial charge < -0.3 is 15.0 Å². The van der Waals surface area contributed by atoms with Gasteiger partial charge in [-0.25, -0.2) is 4.79 Å². The molecule has 1 unspecified atom stereocenters. The predicted molar refractivity (Wildman–Crippen MR) is 79.9 cm³/mol. The van der Waals surface area contributed by atoms with Crippen LogP contribution in [0.25, 0.3) is 0 Å². The highest BCUT2D eigenvalue weighted by Crippen LogP contribution is 2.31. The first-order valence-electron chi connectivity index (χ1n) is 7.38. The molecular weight excluding hydrogens is 268 g/mol. The molecule has 0 saturated carbocycles. The van der Waals surface area contributed by atoms with Crippen LogP contribution in [0.15, 0.2) is 24.3 Å². The van der Waals surface area contributed by atoms with Crippen LogP contribution >= 0.6 is 0 Å². The van der Waals surface area contributed by atoms with E-state index < -0.39 is 5.97 Å². The SMILES string of the molecule is CCOC(=O)CNC(=O)N1CCCC1c1ccc(C)cc1. The van der Waals surface area contributed by atoms with Crippen molar-refractivity contribution < 1.29 is 14.3 Å². The summed E-state index contributed by atoms with van der Waals surface area (Å²) in [5, 5.41) is 2.63. The number of hydrogen-bond acceptors (Lipinski definition) is 3. The molecule has 0 aromatic heterocycles. The fourth-order valence-electron chi connectivity index (χ4n) is 2.61. The first-order chi connectivity index (χ1) is 10.1. The number of rotatable bonds is 4. The Morgan fingerprint density at radius 1 is 1.33 bits per heavy atom. The second kappa shape index (κ2) is 7.11. The Morgan fingerprint density at radius 2 is 2.05 bits per heavy atom. The number of urea groups is 1. The molecule has 1 heterocycles. The van der Waals surface area contributed by atoms with Crippen LogP contribution in [0.3, 0.4) is 0 Å². The monoisotopic (exact) mass is 290 g/mol. The summed E-state index contributed by atoms with van der Waals surface area (Å²) in [6.45, 7) is 4.75. The topological polar surface area (TPSA) is 58.6 Å². The molecule has 1 atom stereocenters. The average Bonchev–Trinajstić information content (AvgIpc) is 2.95. The molecule has 1 saturated heterocycles. The van der Waals surface area contributed by atoms with Crippen molar-refractivity contribution in [2.24, 2.45) is 0 Å². The molecule has 5 heteroatoms. The third kappa shape index (κ3) is 3.97. The fourth-order valence-corrected chi connectivity index (χ4v) is 2.61. The summed E-state index contributed by atoms with van der Waals surface area (Å²) < 4.78 is 4.81. The van der Waals surface area contributed by atoms with Gasteiger partial charge in [0.05, 0.1) is 12.6 Å². The number of ether oxygens (including phenoxy) is 1. The van der Waals surface area contributed by atoms with Crippen molar-refractivity contribution in [3.05, 3.63) is 35.4 Å². The van der Waals surface area contributed by atoms with E-state index >= 15 is 0 Å². The fraction of sp³-hybridized carbons (Fsp3) is 0.500. The zero-order valence-electron chi connectivity index (χ0n) is 12.6. The van der Waals surface area contributed by atoms with Crippen molar-refractivity contribution in [3.63, 3.8) is 0 Å². The van der Waals surface area contributed by atoms with E-state index in [1.807, 2.05) is 6.92 Å². The Hall–Kier alpha value is -2.04. The Bertz CT molecular complexity index is 499. The Morgan fingerprint density at radius 3 is 2.71 bits per heavy atom. The largest absolute Gasteiger partial charge is 0.465 e. The van der Waals surface area contributed by atoms with E-state index in [-0.39, 0.29) is 18.6 Å². The smallest absolute Gasteiger partial charge is 0.325 e. The lowest BCUT2D eigenvalue weighted by atomic mass is 10.0. The second-order valence-electron chi connectivity index (χ2n) is 5.23. The Labute approximate surface area is 125 Å². The molecule has 21 heavy (non-hydrogen) atoms. The van der Waals surface area contributed by atoms with Crippen molar-refractivity contribution in [2.45, 2.75) is 32.7 Å². The molecule has 1 aromatic rings. The maximum atomic E-state index is 12.2. The highest BCUT2D eigenvalue weighted by molar-refractivity contribution is 5.81. The van der Waals surface area contributed by atoms with Gasteiger partial charge in [-0.1, -0.05) is 29.8 Å². The van der Waals surface area contributed by atoms with E-state index in [0.717, 1.165) is 18.4 Å². The molecule has 0 bridgehead atoms. The molecule has 1 aliphatic rings. The minimum absolute atomic E-state index is 0.0796. The summed E-state index contributed by atoms with van der Waals surface area (Å²) in [4.78, 5) is 25.3. The van der Waals surface area contributed by atoms with E-state index in [9.17, 15) is 9.59 Å². The highest BCUT2D eigenvalue weighted by Gasteiger charge is 2.29. The van der Waals surface area contributed by atoms with Crippen molar-refractivity contribution in [1.29, 1.82) is 0 Å². The van der Waals surface area contributed by atoms with E-state index in [4.69, 9.17) is 4.74 Å². The number of likely N-dealkylation sites (tertiary alicyclic amines) is 1. The normalized spacial score (nSPS) is 17.6. The van der Waals surface area contributed by atoms with Gasteiger partial charge in [0.2, 0.25) is 0 Å². The summed E-state index contributed by atoms with van der Waals surface area (Å²) in [6.07, 6.45) is 1.93. The average molecular weight is 290 g/mol. The number of hydrogen-bond donors (Lipinski definition) is 1. The first kappa shape index (κ1) is 15.4. The molecular formula is C16H22N2O3. The molecule has 114 valence electrons. The maximum Gasteiger partial charge on any atom is 0.325 e. The van der Waals surface area contributed by atoms with Crippen molar-refractivity contribution >= 4 is 12.0 Å². The number of carbonyl (C=O) groups excluding carboxylic acids is 2. The summed E-state index contributed by atoms with van der Waals surface area (Å²) in [5.74, 6) is -0.406. The molecule has 0 radical (unpaired) electrons. The van der Waals surface area contributed by atoms with Crippen LogP contribution < -0.4 is 5.32 Å². The zero-order chi connectivity index (χ0) is 15.2. The van der Waals surface area contributed by atoms with Gasteiger partial charge in [0.25, 0.3) is 0 Å². The number of esters is 1. The first-order valence-corrected chi connectivity index (χ1v) is 7.38. The van der Waals surface area contributed by atoms with Gasteiger partial charge in [0, 0.05) is 6.54 Å². The van der Waals surface area contributed by atoms with E-state index in [2.05, 4.69) is 29.6 Å². The molecule has 0 spiro atoms. The number of nitrogens with one attached hydrogen (secondary N) is 1. The van der Waals surface area contributed by atoms with Crippen LogP contribution in [-0.4, -0.2) is 36.6 Å². The summed E-state index contributed by atoms with van der Waals surface area (Å²) >= 11 is 0. The molecule has 1 N–H and O–H groups in total. The van der Waals surface area contributed by atoms with Crippen LogP contribution in [0, 0.1) is 6.92 Å². The predicted octanol–water partition coefficient (Wildman–Crippen LogP) is 2.40. The molecule has 0 aliphatic carbocycles. The van der Waals surface area contributed by atoms with Gasteiger partial charge >= 0.3 is 12.0 Å². The molecule has 5 nitrogen and oxygen atoms in total. The van der Waals surface area contributed by atoms with E-state index in [1.165, 1.54) is 5.56 Å². The lowest BCUT2D eigenvalue weighted by Crippen LogP contribution is -2.42. The minimum atomic E-state index is -0.406. The van der Waals surface area contributed by atoms with E-state index in [1.54, 1.807) is 11.8 Å². The third-order valence-corrected chi connectivity index (χ3v) is 3.67. The summed E-state index contributed by atoms with van der Waals surface area (Å²) in [5.41, 5.74) is 2.35. The van der Waals surface area contributed by atoms with Crippen LogP contribution in [0.2, 0.25) is 0 Å². The van der Waals surface area contributed by atoms with Crippen molar-refractivity contribution in [3.8, 4) is 0 Å². The lowest BCUT2D eigenvalue weighted by molar-refractivity contribution is -0.141. The van der Waals surface area contributed by atoms with Crippen LogP contribution in [0.1, 0.15) is 36.9 Å². The number of benzene rings is 1. The Kier molecular flexibility index (Phi) is 5.20. The molecule has 2 rings (SSSR count). The molecule has 2 amide bonds. The summed E-state index contributed by atoms with van der Waals surface area (Å²) in [6, 6.07) is 8.14. The Balaban J connectivity index is 1.96. The third-order valence-electron chi connectivity index (χ3n) is 3.67. The standard InChI is InChI=1S/C16H22N2O3/c1-3-21-15(19)11-17-16(20)18-10-4-5-14(18)13-8-6-12(2)7-9-13/h6-9,14H,3-5,10-11H2,1-2H3,(H,17,20). The quantitative estimate of drug-likeness (QED) is 0.866. The van der Waals surface area contributed by atoms with Gasteiger partial charge in [-0.05, 0) is 32.3 Å². The number of nitrogens with zero attached hydrogens (tertiary/aromatic N) is 1. The zero-order valence-corrected chi connectivity index (χ0v) is 12.6. The summed E-state index contributed by atoms with van der Waals surface area (Å²) in [7, 11) is 0. The van der Waals surface area contributed by atoms with Crippen molar-refractivity contribution in [1.82, 2.24) is 10.2 Å². The molecule has 1 aliphatic heterocycles. The van der Waals surface area contributed by atoms with Gasteiger partial charge in [-0.2, -0.15) is 0 Å². The van der Waals surface area contributed by atoms with Crippen LogP contribution in [-0.2, 0) is 9.53 Å². The van der Waals surface area contributed by atoms with E-state index in [0.29, 0.717) is 13.2 Å². The van der Waals surface area contributed by atoms with Gasteiger partial charge in [-0.15, -0.1) is 0 Å². The highest BCUT2D eigenvalue weighted by atomic mass is 16.5. The van der Waals surface area contributed by atoms with Crippen molar-refractivity contribution in [2.75, 3.05) is 19.7 Å². The number of amides is 2. The molecule has 1 aromatic carbocycles. The minimum Gasteiger partial charge on any atom is -0.465 e. The number of carbonyl (C=O) groups is 2. The van der Waals surface area contributed by atoms with Gasteiger partial charge in [-0.3, -0.25) is 4.79 Å². The van der Waals surface area contributed by atoms with Crippen LogP contribution in [0.5, 0.6) is 0 Å². The molecule has 1 fully saturated rings. The number of aryl methyl sites for hydroxylation is 1.